The van der Waals surface area contributed by atoms with Crippen LogP contribution in [-0.4, -0.2) is 0 Å². The van der Waals surface area contributed by atoms with Gasteiger partial charge in [0, 0.05) is 6.42 Å². The monoisotopic (exact) mass is 345 g/mol. The third-order valence-electron chi connectivity index (χ3n) is 7.51. The maximum absolute atomic E-state index is 8.90. The maximum atomic E-state index is 8.90. The highest BCUT2D eigenvalue weighted by Crippen LogP contribution is 2.44. The van der Waals surface area contributed by atoms with E-state index in [4.69, 9.17) is 5.26 Å². The Morgan fingerprint density at radius 2 is 1.40 bits per heavy atom. The number of rotatable bonds is 10. The topological polar surface area (TPSA) is 23.8 Å². The van der Waals surface area contributed by atoms with Crippen LogP contribution in [0.5, 0.6) is 0 Å². The van der Waals surface area contributed by atoms with Crippen molar-refractivity contribution in [1.29, 1.82) is 5.26 Å². The van der Waals surface area contributed by atoms with Crippen LogP contribution in [0.25, 0.3) is 0 Å². The summed E-state index contributed by atoms with van der Waals surface area (Å²) in [6, 6.07) is 2.39. The molecule has 25 heavy (non-hydrogen) atoms. The maximum Gasteiger partial charge on any atom is 0.0624 e. The summed E-state index contributed by atoms with van der Waals surface area (Å²) >= 11 is 0. The van der Waals surface area contributed by atoms with Gasteiger partial charge in [-0.25, -0.2) is 0 Å². The van der Waals surface area contributed by atoms with E-state index in [0.29, 0.717) is 0 Å². The second-order valence-electron chi connectivity index (χ2n) is 9.22. The fraction of sp³-hybridized carbons (Fsp3) is 0.958. The Morgan fingerprint density at radius 1 is 0.760 bits per heavy atom. The lowest BCUT2D eigenvalue weighted by Crippen LogP contribution is -2.28. The van der Waals surface area contributed by atoms with Gasteiger partial charge in [0.15, 0.2) is 0 Å². The lowest BCUT2D eigenvalue weighted by atomic mass is 9.66. The normalized spacial score (nSPS) is 31.4. The molecule has 0 radical (unpaired) electrons. The third-order valence-corrected chi connectivity index (χ3v) is 7.51. The van der Waals surface area contributed by atoms with Crippen molar-refractivity contribution in [2.24, 2.45) is 29.6 Å². The van der Waals surface area contributed by atoms with Crippen LogP contribution >= 0.6 is 0 Å². The fourth-order valence-corrected chi connectivity index (χ4v) is 5.90. The van der Waals surface area contributed by atoms with Crippen LogP contribution in [0.15, 0.2) is 0 Å². The smallest absolute Gasteiger partial charge is 0.0624 e. The first-order valence-electron chi connectivity index (χ1n) is 11.6. The molecule has 0 aromatic rings. The molecule has 1 unspecified atom stereocenters. The van der Waals surface area contributed by atoms with Crippen LogP contribution < -0.4 is 0 Å². The zero-order valence-corrected chi connectivity index (χ0v) is 17.1. The van der Waals surface area contributed by atoms with Crippen molar-refractivity contribution in [3.63, 3.8) is 0 Å². The molecule has 2 rings (SSSR count). The summed E-state index contributed by atoms with van der Waals surface area (Å²) in [4.78, 5) is 0. The average Bonchev–Trinajstić information content (AvgIpc) is 2.65. The van der Waals surface area contributed by atoms with Gasteiger partial charge in [-0.2, -0.15) is 5.26 Å². The number of nitriles is 1. The zero-order chi connectivity index (χ0) is 17.9. The van der Waals surface area contributed by atoms with E-state index in [1.54, 1.807) is 0 Å². The van der Waals surface area contributed by atoms with Crippen molar-refractivity contribution in [3.8, 4) is 6.07 Å². The van der Waals surface area contributed by atoms with Gasteiger partial charge in [0.25, 0.3) is 0 Å². The minimum absolute atomic E-state index is 0.717. The molecular formula is C24H43N. The predicted molar refractivity (Wildman–Crippen MR) is 108 cm³/mol. The Balaban J connectivity index is 1.71. The average molecular weight is 346 g/mol. The molecule has 2 aliphatic rings. The van der Waals surface area contributed by atoms with E-state index in [1.165, 1.54) is 96.3 Å². The molecule has 1 atom stereocenters. The molecular weight excluding hydrogens is 302 g/mol. The van der Waals surface area contributed by atoms with Gasteiger partial charge < -0.3 is 0 Å². The lowest BCUT2D eigenvalue weighted by molar-refractivity contribution is 0.119. The molecule has 0 N–H and O–H groups in total. The van der Waals surface area contributed by atoms with E-state index >= 15 is 0 Å². The molecule has 0 aromatic heterocycles. The minimum Gasteiger partial charge on any atom is -0.198 e. The van der Waals surface area contributed by atoms with Gasteiger partial charge in [-0.1, -0.05) is 58.8 Å². The van der Waals surface area contributed by atoms with Crippen LogP contribution in [0.1, 0.15) is 117 Å². The Bertz CT molecular complexity index is 366. The molecule has 0 amide bonds. The largest absolute Gasteiger partial charge is 0.198 e. The lowest BCUT2D eigenvalue weighted by Gasteiger charge is -2.39. The number of nitrogens with zero attached hydrogens (tertiary/aromatic N) is 1. The first-order chi connectivity index (χ1) is 12.3. The van der Waals surface area contributed by atoms with Crippen LogP contribution in [0.2, 0.25) is 0 Å². The number of hydrogen-bond acceptors (Lipinski definition) is 1. The van der Waals surface area contributed by atoms with E-state index in [9.17, 15) is 0 Å². The highest BCUT2D eigenvalue weighted by atomic mass is 14.4. The molecule has 0 aliphatic heterocycles. The number of unbranched alkanes of at least 4 members (excludes halogenated alkanes) is 3. The predicted octanol–water partition coefficient (Wildman–Crippen LogP) is 7.90. The first-order valence-corrected chi connectivity index (χ1v) is 11.6. The molecule has 144 valence electrons. The summed E-state index contributed by atoms with van der Waals surface area (Å²) < 4.78 is 0. The summed E-state index contributed by atoms with van der Waals surface area (Å²) in [6.45, 7) is 4.70. The molecule has 1 heteroatoms. The Kier molecular flexibility index (Phi) is 9.97. The molecule has 2 aliphatic carbocycles. The second kappa shape index (κ2) is 12.0. The quantitative estimate of drug-likeness (QED) is 0.369. The molecule has 2 fully saturated rings. The van der Waals surface area contributed by atoms with Gasteiger partial charge in [0.1, 0.15) is 0 Å². The van der Waals surface area contributed by atoms with Gasteiger partial charge in [-0.05, 0) is 81.0 Å². The zero-order valence-electron chi connectivity index (χ0n) is 17.1. The molecule has 0 aromatic carbocycles. The molecule has 2 saturated carbocycles. The fourth-order valence-electron chi connectivity index (χ4n) is 5.90. The Hall–Kier alpha value is -0.510. The summed E-state index contributed by atoms with van der Waals surface area (Å²) in [5, 5.41) is 8.90. The van der Waals surface area contributed by atoms with Gasteiger partial charge in [-0.15, -0.1) is 0 Å². The van der Waals surface area contributed by atoms with Crippen LogP contribution in [-0.2, 0) is 0 Å². The minimum atomic E-state index is 0.717. The molecule has 0 bridgehead atoms. The van der Waals surface area contributed by atoms with E-state index in [1.807, 2.05) is 0 Å². The Morgan fingerprint density at radius 3 is 1.96 bits per heavy atom. The SMILES string of the molecule is CCCCCCC(CCC)C1CCC(C2CCC(CC#N)CC2)CC1. The number of hydrogen-bond donors (Lipinski definition) is 0. The van der Waals surface area contributed by atoms with Gasteiger partial charge in [-0.3, -0.25) is 0 Å². The van der Waals surface area contributed by atoms with E-state index in [0.717, 1.165) is 36.0 Å². The Labute approximate surface area is 158 Å². The molecule has 0 heterocycles. The highest BCUT2D eigenvalue weighted by molar-refractivity contribution is 4.86. The van der Waals surface area contributed by atoms with Gasteiger partial charge >= 0.3 is 0 Å². The summed E-state index contributed by atoms with van der Waals surface area (Å²) in [5.41, 5.74) is 0. The van der Waals surface area contributed by atoms with E-state index < -0.39 is 0 Å². The van der Waals surface area contributed by atoms with Gasteiger partial charge in [0.05, 0.1) is 6.07 Å². The van der Waals surface area contributed by atoms with Crippen molar-refractivity contribution in [3.05, 3.63) is 0 Å². The van der Waals surface area contributed by atoms with Crippen molar-refractivity contribution < 1.29 is 0 Å². The molecule has 0 spiro atoms. The van der Waals surface area contributed by atoms with Crippen molar-refractivity contribution in [2.45, 2.75) is 117 Å². The van der Waals surface area contributed by atoms with Crippen molar-refractivity contribution in [2.75, 3.05) is 0 Å². The van der Waals surface area contributed by atoms with Crippen LogP contribution in [0, 0.1) is 40.9 Å². The van der Waals surface area contributed by atoms with E-state index in [-0.39, 0.29) is 0 Å². The first kappa shape index (κ1) is 20.8. The van der Waals surface area contributed by atoms with Crippen LogP contribution in [0.4, 0.5) is 0 Å². The van der Waals surface area contributed by atoms with E-state index in [2.05, 4.69) is 19.9 Å². The third kappa shape index (κ3) is 6.96. The van der Waals surface area contributed by atoms with Crippen molar-refractivity contribution in [1.82, 2.24) is 0 Å². The van der Waals surface area contributed by atoms with Crippen LogP contribution in [0.3, 0.4) is 0 Å². The summed E-state index contributed by atoms with van der Waals surface area (Å²) in [6.07, 6.45) is 22.4. The van der Waals surface area contributed by atoms with Gasteiger partial charge in [0.2, 0.25) is 0 Å². The summed E-state index contributed by atoms with van der Waals surface area (Å²) in [5.74, 6) is 4.78. The molecule has 1 nitrogen and oxygen atoms in total. The second-order valence-corrected chi connectivity index (χ2v) is 9.22. The van der Waals surface area contributed by atoms with Crippen molar-refractivity contribution >= 4 is 0 Å². The summed E-state index contributed by atoms with van der Waals surface area (Å²) in [7, 11) is 0. The standard InChI is InChI=1S/C24H43N/c1-3-5-6-7-9-21(8-4-2)23-14-16-24(17-15-23)22-12-10-20(11-13-22)18-19-25/h20-24H,3-18H2,1-2H3. The highest BCUT2D eigenvalue weighted by Gasteiger charge is 2.32. The molecule has 0 saturated heterocycles.